The Labute approximate surface area is 91.2 Å². The third-order valence-electron chi connectivity index (χ3n) is 2.99. The van der Waals surface area contributed by atoms with Gasteiger partial charge in [-0.3, -0.25) is 9.59 Å². The van der Waals surface area contributed by atoms with Crippen LogP contribution in [0.5, 0.6) is 0 Å². The molecule has 0 saturated heterocycles. The Kier molecular flexibility index (Phi) is 4.30. The van der Waals surface area contributed by atoms with Crippen molar-refractivity contribution in [2.75, 3.05) is 6.61 Å². The topological polar surface area (TPSA) is 43.4 Å². The molecule has 0 amide bonds. The third-order valence-corrected chi connectivity index (χ3v) is 2.99. The van der Waals surface area contributed by atoms with Gasteiger partial charge in [0.25, 0.3) is 0 Å². The highest BCUT2D eigenvalue weighted by molar-refractivity contribution is 5.95. The number of rotatable bonds is 7. The molecule has 0 spiro atoms. The summed E-state index contributed by atoms with van der Waals surface area (Å²) in [5.41, 5.74) is 0.504. The monoisotopic (exact) mass is 212 g/mol. The quantitative estimate of drug-likeness (QED) is 0.481. The molecule has 0 aromatic rings. The van der Waals surface area contributed by atoms with Gasteiger partial charge >= 0.3 is 5.97 Å². The van der Waals surface area contributed by atoms with Crippen LogP contribution in [0, 0.1) is 5.41 Å². The molecular weight excluding hydrogens is 192 g/mol. The van der Waals surface area contributed by atoms with Crippen LogP contribution in [0.1, 0.15) is 52.4 Å². The number of carbonyl (C=O) groups excluding carboxylic acids is 2. The summed E-state index contributed by atoms with van der Waals surface area (Å²) in [5.74, 6) is -0.377. The molecule has 15 heavy (non-hydrogen) atoms. The third kappa shape index (κ3) is 4.96. The van der Waals surface area contributed by atoms with Crippen molar-refractivity contribution >= 4 is 11.8 Å². The fraction of sp³-hybridized carbons (Fsp3) is 0.833. The van der Waals surface area contributed by atoms with Gasteiger partial charge in [0.1, 0.15) is 12.2 Å². The highest BCUT2D eigenvalue weighted by Gasteiger charge is 2.36. The first kappa shape index (κ1) is 12.2. The summed E-state index contributed by atoms with van der Waals surface area (Å²) in [5, 5.41) is 0. The van der Waals surface area contributed by atoms with Gasteiger partial charge in [0.15, 0.2) is 0 Å². The van der Waals surface area contributed by atoms with Crippen LogP contribution in [0.4, 0.5) is 0 Å². The zero-order valence-electron chi connectivity index (χ0n) is 9.67. The van der Waals surface area contributed by atoms with Gasteiger partial charge in [-0.2, -0.15) is 0 Å². The van der Waals surface area contributed by atoms with Crippen molar-refractivity contribution in [1.82, 2.24) is 0 Å². The molecule has 0 bridgehead atoms. The van der Waals surface area contributed by atoms with Crippen molar-refractivity contribution in [1.29, 1.82) is 0 Å². The average Bonchev–Trinajstić information content (AvgIpc) is 2.84. The van der Waals surface area contributed by atoms with Gasteiger partial charge in [-0.15, -0.1) is 0 Å². The summed E-state index contributed by atoms with van der Waals surface area (Å²) in [4.78, 5) is 22.3. The van der Waals surface area contributed by atoms with Gasteiger partial charge < -0.3 is 4.74 Å². The molecule has 86 valence electrons. The lowest BCUT2D eigenvalue weighted by Gasteiger charge is -2.06. The Balaban J connectivity index is 2.05. The number of esters is 1. The number of ether oxygens (including phenoxy) is 1. The normalized spacial score (nSPS) is 17.2. The SMILES string of the molecule is CCOC(=O)CC(=O)CCCC1(C)CC1. The Hall–Kier alpha value is -0.860. The molecule has 3 heteroatoms. The highest BCUT2D eigenvalue weighted by Crippen LogP contribution is 2.49. The smallest absolute Gasteiger partial charge is 0.313 e. The van der Waals surface area contributed by atoms with E-state index in [1.54, 1.807) is 6.92 Å². The predicted molar refractivity (Wildman–Crippen MR) is 57.4 cm³/mol. The van der Waals surface area contributed by atoms with E-state index >= 15 is 0 Å². The molecule has 1 fully saturated rings. The van der Waals surface area contributed by atoms with E-state index in [0.29, 0.717) is 18.4 Å². The van der Waals surface area contributed by atoms with Gasteiger partial charge in [0, 0.05) is 6.42 Å². The summed E-state index contributed by atoms with van der Waals surface area (Å²) in [6, 6.07) is 0. The number of ketones is 1. The Bertz CT molecular complexity index is 241. The van der Waals surface area contributed by atoms with Crippen LogP contribution in [0.3, 0.4) is 0 Å². The fourth-order valence-electron chi connectivity index (χ4n) is 1.64. The van der Waals surface area contributed by atoms with E-state index in [1.807, 2.05) is 0 Å². The molecule has 0 unspecified atom stereocenters. The van der Waals surface area contributed by atoms with Crippen LogP contribution >= 0.6 is 0 Å². The zero-order valence-corrected chi connectivity index (χ0v) is 9.67. The maximum absolute atomic E-state index is 11.3. The molecule has 0 heterocycles. The van der Waals surface area contributed by atoms with E-state index in [2.05, 4.69) is 6.92 Å². The first-order chi connectivity index (χ1) is 7.06. The number of Topliss-reactive ketones (excluding diaryl/α,β-unsaturated/α-hetero) is 1. The Morgan fingerprint density at radius 1 is 1.33 bits per heavy atom. The second-order valence-corrected chi connectivity index (χ2v) is 4.68. The highest BCUT2D eigenvalue weighted by atomic mass is 16.5. The molecule has 0 aliphatic heterocycles. The summed E-state index contributed by atoms with van der Waals surface area (Å²) in [7, 11) is 0. The van der Waals surface area contributed by atoms with E-state index in [4.69, 9.17) is 4.74 Å². The van der Waals surface area contributed by atoms with Gasteiger partial charge in [-0.1, -0.05) is 6.92 Å². The molecule has 1 aliphatic carbocycles. The largest absolute Gasteiger partial charge is 0.466 e. The lowest BCUT2D eigenvalue weighted by Crippen LogP contribution is -2.11. The lowest BCUT2D eigenvalue weighted by atomic mass is 10.00. The summed E-state index contributed by atoms with van der Waals surface area (Å²) in [6.45, 7) is 4.35. The molecule has 1 aliphatic rings. The Morgan fingerprint density at radius 3 is 2.53 bits per heavy atom. The van der Waals surface area contributed by atoms with Crippen molar-refractivity contribution in [2.24, 2.45) is 5.41 Å². The molecule has 3 nitrogen and oxygen atoms in total. The maximum Gasteiger partial charge on any atom is 0.313 e. The molecule has 0 atom stereocenters. The minimum absolute atomic E-state index is 0.0118. The number of hydrogen-bond donors (Lipinski definition) is 0. The second-order valence-electron chi connectivity index (χ2n) is 4.68. The van der Waals surface area contributed by atoms with Crippen LogP contribution in [0.2, 0.25) is 0 Å². The van der Waals surface area contributed by atoms with E-state index in [0.717, 1.165) is 12.8 Å². The van der Waals surface area contributed by atoms with Gasteiger partial charge in [-0.05, 0) is 38.0 Å². The summed E-state index contributed by atoms with van der Waals surface area (Å²) >= 11 is 0. The zero-order chi connectivity index (χ0) is 11.3. The molecule has 1 rings (SSSR count). The van der Waals surface area contributed by atoms with Crippen molar-refractivity contribution in [3.8, 4) is 0 Å². The van der Waals surface area contributed by atoms with E-state index < -0.39 is 0 Å². The van der Waals surface area contributed by atoms with Crippen LogP contribution < -0.4 is 0 Å². The molecule has 0 aromatic carbocycles. The lowest BCUT2D eigenvalue weighted by molar-refractivity contribution is -0.145. The van der Waals surface area contributed by atoms with Crippen molar-refractivity contribution in [3.05, 3.63) is 0 Å². The number of hydrogen-bond acceptors (Lipinski definition) is 3. The maximum atomic E-state index is 11.3. The summed E-state index contributed by atoms with van der Waals surface area (Å²) in [6.07, 6.45) is 5.08. The van der Waals surface area contributed by atoms with Crippen molar-refractivity contribution < 1.29 is 14.3 Å². The molecular formula is C12H20O3. The molecule has 0 radical (unpaired) electrons. The Morgan fingerprint density at radius 2 is 2.00 bits per heavy atom. The minimum atomic E-state index is -0.389. The molecule has 0 aromatic heterocycles. The standard InChI is InChI=1S/C12H20O3/c1-3-15-11(14)9-10(13)5-4-6-12(2)7-8-12/h3-9H2,1-2H3. The summed E-state index contributed by atoms with van der Waals surface area (Å²) < 4.78 is 4.71. The fourth-order valence-corrected chi connectivity index (χ4v) is 1.64. The number of carbonyl (C=O) groups is 2. The van der Waals surface area contributed by atoms with E-state index in [1.165, 1.54) is 12.8 Å². The average molecular weight is 212 g/mol. The van der Waals surface area contributed by atoms with Crippen LogP contribution in [-0.4, -0.2) is 18.4 Å². The van der Waals surface area contributed by atoms with Gasteiger partial charge in [-0.25, -0.2) is 0 Å². The molecule has 0 N–H and O–H groups in total. The second kappa shape index (κ2) is 5.29. The van der Waals surface area contributed by atoms with Crippen molar-refractivity contribution in [3.63, 3.8) is 0 Å². The van der Waals surface area contributed by atoms with Gasteiger partial charge in [0.2, 0.25) is 0 Å². The van der Waals surface area contributed by atoms with E-state index in [-0.39, 0.29) is 18.2 Å². The molecule has 1 saturated carbocycles. The van der Waals surface area contributed by atoms with Crippen LogP contribution in [0.15, 0.2) is 0 Å². The first-order valence-electron chi connectivity index (χ1n) is 5.73. The van der Waals surface area contributed by atoms with Gasteiger partial charge in [0.05, 0.1) is 6.61 Å². The van der Waals surface area contributed by atoms with E-state index in [9.17, 15) is 9.59 Å². The van der Waals surface area contributed by atoms with Crippen molar-refractivity contribution in [2.45, 2.75) is 52.4 Å². The predicted octanol–water partition coefficient (Wildman–Crippen LogP) is 2.48. The van der Waals surface area contributed by atoms with Crippen LogP contribution in [0.25, 0.3) is 0 Å². The first-order valence-corrected chi connectivity index (χ1v) is 5.73. The van der Waals surface area contributed by atoms with Crippen LogP contribution in [-0.2, 0) is 14.3 Å². The minimum Gasteiger partial charge on any atom is -0.466 e.